The first kappa shape index (κ1) is 24.2. The highest BCUT2D eigenvalue weighted by molar-refractivity contribution is 6.05. The number of hydrogen-bond acceptors (Lipinski definition) is 5. The van der Waals surface area contributed by atoms with Crippen LogP contribution in [0.5, 0.6) is 11.5 Å². The largest absolute Gasteiger partial charge is 0.497 e. The average Bonchev–Trinajstić information content (AvgIpc) is 2.88. The van der Waals surface area contributed by atoms with Gasteiger partial charge in [0, 0.05) is 25.3 Å². The number of anilines is 1. The second kappa shape index (κ2) is 10.6. The molecule has 4 rings (SSSR count). The van der Waals surface area contributed by atoms with Crippen LogP contribution in [-0.4, -0.2) is 51.2 Å². The van der Waals surface area contributed by atoms with E-state index in [4.69, 9.17) is 14.2 Å². The lowest BCUT2D eigenvalue weighted by Gasteiger charge is -2.41. The molecule has 1 aliphatic rings. The van der Waals surface area contributed by atoms with Crippen molar-refractivity contribution in [2.75, 3.05) is 39.8 Å². The predicted molar refractivity (Wildman–Crippen MR) is 129 cm³/mol. The molecule has 1 N–H and O–H groups in total. The Morgan fingerprint density at radius 3 is 2.43 bits per heavy atom. The van der Waals surface area contributed by atoms with Gasteiger partial charge in [-0.3, -0.25) is 9.59 Å². The smallest absolute Gasteiger partial charge is 0.254 e. The molecule has 0 radical (unpaired) electrons. The summed E-state index contributed by atoms with van der Waals surface area (Å²) in [6, 6.07) is 17.4. The van der Waals surface area contributed by atoms with Crippen molar-refractivity contribution in [1.82, 2.24) is 4.90 Å². The summed E-state index contributed by atoms with van der Waals surface area (Å²) in [7, 11) is 4.60. The maximum atomic E-state index is 13.9. The van der Waals surface area contributed by atoms with Crippen molar-refractivity contribution < 1.29 is 28.2 Å². The van der Waals surface area contributed by atoms with Crippen LogP contribution >= 0.6 is 0 Å². The molecule has 0 fully saturated rings. The number of hydrogen-bond donors (Lipinski definition) is 1. The van der Waals surface area contributed by atoms with Gasteiger partial charge in [-0.15, -0.1) is 0 Å². The fraction of sp³-hybridized carbons (Fsp3) is 0.259. The molecule has 2 unspecified atom stereocenters. The van der Waals surface area contributed by atoms with E-state index in [1.807, 2.05) is 0 Å². The van der Waals surface area contributed by atoms with Gasteiger partial charge in [0.15, 0.2) is 0 Å². The van der Waals surface area contributed by atoms with Crippen molar-refractivity contribution in [3.8, 4) is 11.5 Å². The van der Waals surface area contributed by atoms with Gasteiger partial charge in [0.25, 0.3) is 5.91 Å². The number of nitrogens with zero attached hydrogens (tertiary/aromatic N) is 1. The number of methoxy groups -OCH3 is 3. The Hall–Kier alpha value is -3.91. The molecule has 2 amide bonds. The molecule has 3 aromatic rings. The highest BCUT2D eigenvalue weighted by Gasteiger charge is 2.44. The Balaban J connectivity index is 1.83. The number of halogens is 1. The molecule has 0 aliphatic carbocycles. The monoisotopic (exact) mass is 478 g/mol. The van der Waals surface area contributed by atoms with E-state index in [0.717, 1.165) is 0 Å². The summed E-state index contributed by atoms with van der Waals surface area (Å²) in [4.78, 5) is 29.1. The van der Waals surface area contributed by atoms with Crippen LogP contribution in [0.2, 0.25) is 0 Å². The van der Waals surface area contributed by atoms with Crippen LogP contribution in [0.1, 0.15) is 33.4 Å². The number of fused-ring (bicyclic) bond motifs is 1. The molecule has 182 valence electrons. The molecule has 0 saturated carbocycles. The highest BCUT2D eigenvalue weighted by atomic mass is 19.1. The van der Waals surface area contributed by atoms with Crippen molar-refractivity contribution in [3.05, 3.63) is 89.2 Å². The minimum atomic E-state index is -0.776. The topological polar surface area (TPSA) is 77.1 Å². The van der Waals surface area contributed by atoms with Crippen LogP contribution < -0.4 is 14.8 Å². The Kier molecular flexibility index (Phi) is 7.31. The summed E-state index contributed by atoms with van der Waals surface area (Å²) >= 11 is 0. The third-order valence-electron chi connectivity index (χ3n) is 6.13. The number of ether oxygens (including phenoxy) is 3. The summed E-state index contributed by atoms with van der Waals surface area (Å²) in [6.07, 6.45) is 0. The first-order chi connectivity index (χ1) is 17.0. The molecular weight excluding hydrogens is 451 g/mol. The van der Waals surface area contributed by atoms with Gasteiger partial charge >= 0.3 is 0 Å². The van der Waals surface area contributed by atoms with Gasteiger partial charge in [-0.2, -0.15) is 0 Å². The van der Waals surface area contributed by atoms with Crippen LogP contribution in [0.25, 0.3) is 0 Å². The Morgan fingerprint density at radius 2 is 1.74 bits per heavy atom. The van der Waals surface area contributed by atoms with Gasteiger partial charge in [0.05, 0.1) is 38.5 Å². The number of nitrogens with one attached hydrogen (secondary N) is 1. The van der Waals surface area contributed by atoms with E-state index in [-0.39, 0.29) is 25.0 Å². The molecule has 3 aromatic carbocycles. The summed E-state index contributed by atoms with van der Waals surface area (Å²) in [6.45, 7) is 0.543. The van der Waals surface area contributed by atoms with Gasteiger partial charge in [0.1, 0.15) is 17.3 Å². The molecule has 7 nitrogen and oxygen atoms in total. The Bertz CT molecular complexity index is 1210. The molecule has 0 aromatic heterocycles. The maximum absolute atomic E-state index is 13.9. The van der Waals surface area contributed by atoms with Crippen molar-refractivity contribution in [2.24, 2.45) is 0 Å². The first-order valence-electron chi connectivity index (χ1n) is 11.2. The van der Waals surface area contributed by atoms with E-state index in [2.05, 4.69) is 5.32 Å². The molecule has 8 heteroatoms. The van der Waals surface area contributed by atoms with Gasteiger partial charge in [-0.05, 0) is 41.5 Å². The summed E-state index contributed by atoms with van der Waals surface area (Å²) in [5.41, 5.74) is 2.12. The lowest BCUT2D eigenvalue weighted by molar-refractivity contribution is -0.119. The zero-order valence-corrected chi connectivity index (χ0v) is 19.8. The number of rotatable bonds is 8. The first-order valence-corrected chi connectivity index (χ1v) is 11.2. The standard InChI is InChI=1S/C27H27FN2O5/c1-33-15-14-30-25(17-8-10-18(28)11-9-17)24(20-6-4-5-7-21(20)27(30)32)26(31)29-22-16-19(34-2)12-13-23(22)35-3/h4-13,16,24-25H,14-15H2,1-3H3,(H,29,31). The second-order valence-corrected chi connectivity index (χ2v) is 8.11. The summed E-state index contributed by atoms with van der Waals surface area (Å²) in [5, 5.41) is 2.96. The number of carbonyl (C=O) groups is 2. The van der Waals surface area contributed by atoms with Gasteiger partial charge in [-0.25, -0.2) is 4.39 Å². The van der Waals surface area contributed by atoms with E-state index in [1.54, 1.807) is 66.6 Å². The van der Waals surface area contributed by atoms with Crippen LogP contribution in [0.15, 0.2) is 66.7 Å². The van der Waals surface area contributed by atoms with E-state index < -0.39 is 17.8 Å². The molecule has 1 aliphatic heterocycles. The highest BCUT2D eigenvalue weighted by Crippen LogP contribution is 2.43. The number of amides is 2. The van der Waals surface area contributed by atoms with Crippen molar-refractivity contribution in [3.63, 3.8) is 0 Å². The zero-order chi connectivity index (χ0) is 24.9. The average molecular weight is 479 g/mol. The lowest BCUT2D eigenvalue weighted by atomic mass is 9.79. The van der Waals surface area contributed by atoms with Crippen LogP contribution in [-0.2, 0) is 9.53 Å². The Labute approximate surface area is 203 Å². The van der Waals surface area contributed by atoms with E-state index >= 15 is 0 Å². The molecule has 0 spiro atoms. The molecule has 1 heterocycles. The van der Waals surface area contributed by atoms with E-state index in [1.165, 1.54) is 26.4 Å². The molecule has 0 bridgehead atoms. The molecular formula is C27H27FN2O5. The summed E-state index contributed by atoms with van der Waals surface area (Å²) in [5.74, 6) is -0.710. The van der Waals surface area contributed by atoms with Crippen LogP contribution in [0, 0.1) is 5.82 Å². The van der Waals surface area contributed by atoms with Crippen LogP contribution in [0.3, 0.4) is 0 Å². The third kappa shape index (κ3) is 4.83. The number of benzene rings is 3. The fourth-order valence-electron chi connectivity index (χ4n) is 4.46. The molecule has 35 heavy (non-hydrogen) atoms. The van der Waals surface area contributed by atoms with Crippen LogP contribution in [0.4, 0.5) is 10.1 Å². The second-order valence-electron chi connectivity index (χ2n) is 8.11. The lowest BCUT2D eigenvalue weighted by Crippen LogP contribution is -2.47. The minimum Gasteiger partial charge on any atom is -0.497 e. The third-order valence-corrected chi connectivity index (χ3v) is 6.13. The van der Waals surface area contributed by atoms with Gasteiger partial charge in [-0.1, -0.05) is 30.3 Å². The van der Waals surface area contributed by atoms with Crippen molar-refractivity contribution >= 4 is 17.5 Å². The molecule has 0 saturated heterocycles. The maximum Gasteiger partial charge on any atom is 0.254 e. The normalized spacial score (nSPS) is 17.0. The zero-order valence-electron chi connectivity index (χ0n) is 19.8. The number of carbonyl (C=O) groups excluding carboxylic acids is 2. The SMILES string of the molecule is COCCN1C(=O)c2ccccc2C(C(=O)Nc2cc(OC)ccc2OC)C1c1ccc(F)cc1. The molecule has 2 atom stereocenters. The predicted octanol–water partition coefficient (Wildman–Crippen LogP) is 4.41. The quantitative estimate of drug-likeness (QED) is 0.519. The van der Waals surface area contributed by atoms with Crippen molar-refractivity contribution in [2.45, 2.75) is 12.0 Å². The van der Waals surface area contributed by atoms with Crippen molar-refractivity contribution in [1.29, 1.82) is 0 Å². The minimum absolute atomic E-state index is 0.213. The Morgan fingerprint density at radius 1 is 1.00 bits per heavy atom. The van der Waals surface area contributed by atoms with Gasteiger partial charge in [0.2, 0.25) is 5.91 Å². The fourth-order valence-corrected chi connectivity index (χ4v) is 4.46. The van der Waals surface area contributed by atoms with Gasteiger partial charge < -0.3 is 24.4 Å². The van der Waals surface area contributed by atoms with E-state index in [0.29, 0.717) is 33.9 Å². The summed E-state index contributed by atoms with van der Waals surface area (Å²) < 4.78 is 29.7. The van der Waals surface area contributed by atoms with E-state index in [9.17, 15) is 14.0 Å².